The molecule has 0 saturated carbocycles. The Morgan fingerprint density at radius 3 is 2.63 bits per heavy atom. The van der Waals surface area contributed by atoms with Gasteiger partial charge >= 0.3 is 0 Å². The van der Waals surface area contributed by atoms with Crippen LogP contribution in [0.5, 0.6) is 5.75 Å². The molecule has 0 radical (unpaired) electrons. The number of hydrogen-bond acceptors (Lipinski definition) is 4. The minimum absolute atomic E-state index is 0.301. The maximum absolute atomic E-state index is 5.64. The summed E-state index contributed by atoms with van der Waals surface area (Å²) in [4.78, 5) is 1.41. The molecule has 1 unspecified atom stereocenters. The summed E-state index contributed by atoms with van der Waals surface area (Å²) in [6, 6.07) is 12.7. The van der Waals surface area contributed by atoms with Gasteiger partial charge in [-0.2, -0.15) is 0 Å². The molecular weight excluding hydrogens is 256 g/mol. The predicted octanol–water partition coefficient (Wildman–Crippen LogP) is 2.76. The topological polar surface area (TPSA) is 47.3 Å². The van der Waals surface area contributed by atoms with Gasteiger partial charge in [-0.05, 0) is 48.4 Å². The Labute approximate surface area is 118 Å². The number of hydrazine groups is 1. The van der Waals surface area contributed by atoms with Crippen LogP contribution in [0.4, 0.5) is 0 Å². The van der Waals surface area contributed by atoms with Crippen LogP contribution in [-0.4, -0.2) is 13.2 Å². The zero-order valence-corrected chi connectivity index (χ0v) is 12.0. The van der Waals surface area contributed by atoms with Gasteiger partial charge in [0.2, 0.25) is 0 Å². The normalized spacial score (nSPS) is 12.3. The minimum atomic E-state index is 0.301. The summed E-state index contributed by atoms with van der Waals surface area (Å²) in [7, 11) is 1.68. The van der Waals surface area contributed by atoms with E-state index < -0.39 is 0 Å². The summed E-state index contributed by atoms with van der Waals surface area (Å²) in [6.07, 6.45) is 3.05. The van der Waals surface area contributed by atoms with E-state index in [9.17, 15) is 0 Å². The number of ether oxygens (including phenoxy) is 1. The van der Waals surface area contributed by atoms with Crippen LogP contribution in [0.2, 0.25) is 0 Å². The second-order valence-corrected chi connectivity index (χ2v) is 5.57. The molecule has 19 heavy (non-hydrogen) atoms. The van der Waals surface area contributed by atoms with E-state index in [1.807, 2.05) is 12.1 Å². The molecule has 3 nitrogen and oxygen atoms in total. The maximum Gasteiger partial charge on any atom is 0.118 e. The van der Waals surface area contributed by atoms with Crippen molar-refractivity contribution in [3.63, 3.8) is 0 Å². The summed E-state index contributed by atoms with van der Waals surface area (Å²) in [6.45, 7) is 0. The minimum Gasteiger partial charge on any atom is -0.497 e. The smallest absolute Gasteiger partial charge is 0.118 e. The van der Waals surface area contributed by atoms with Crippen LogP contribution < -0.4 is 16.0 Å². The number of benzene rings is 1. The number of methoxy groups -OCH3 is 1. The predicted molar refractivity (Wildman–Crippen MR) is 80.4 cm³/mol. The van der Waals surface area contributed by atoms with Gasteiger partial charge in [-0.3, -0.25) is 11.3 Å². The van der Waals surface area contributed by atoms with E-state index in [0.29, 0.717) is 6.04 Å². The number of nitrogens with two attached hydrogens (primary N) is 1. The van der Waals surface area contributed by atoms with Gasteiger partial charge in [-0.15, -0.1) is 11.3 Å². The van der Waals surface area contributed by atoms with E-state index >= 15 is 0 Å². The molecule has 0 aliphatic carbocycles. The molecule has 0 fully saturated rings. The fourth-order valence-corrected chi connectivity index (χ4v) is 2.79. The van der Waals surface area contributed by atoms with Gasteiger partial charge in [-0.1, -0.05) is 18.2 Å². The zero-order valence-electron chi connectivity index (χ0n) is 11.1. The molecule has 0 aliphatic rings. The van der Waals surface area contributed by atoms with Crippen molar-refractivity contribution in [2.45, 2.75) is 25.3 Å². The quantitative estimate of drug-likeness (QED) is 0.604. The highest BCUT2D eigenvalue weighted by Crippen LogP contribution is 2.16. The third-order valence-corrected chi connectivity index (χ3v) is 4.13. The monoisotopic (exact) mass is 276 g/mol. The second-order valence-electron chi connectivity index (χ2n) is 4.53. The van der Waals surface area contributed by atoms with Gasteiger partial charge < -0.3 is 4.74 Å². The van der Waals surface area contributed by atoms with Crippen molar-refractivity contribution < 1.29 is 4.74 Å². The van der Waals surface area contributed by atoms with E-state index in [2.05, 4.69) is 35.1 Å². The fraction of sp³-hybridized carbons (Fsp3) is 0.333. The lowest BCUT2D eigenvalue weighted by molar-refractivity contribution is 0.414. The van der Waals surface area contributed by atoms with Crippen LogP contribution in [0, 0.1) is 0 Å². The third-order valence-electron chi connectivity index (χ3n) is 3.20. The summed E-state index contributed by atoms with van der Waals surface area (Å²) in [5.74, 6) is 6.53. The van der Waals surface area contributed by atoms with Gasteiger partial charge in [0.25, 0.3) is 0 Å². The largest absolute Gasteiger partial charge is 0.497 e. The molecule has 0 aliphatic heterocycles. The Morgan fingerprint density at radius 2 is 2.05 bits per heavy atom. The average Bonchev–Trinajstić information content (AvgIpc) is 2.97. The molecule has 0 saturated heterocycles. The molecule has 1 aromatic carbocycles. The molecule has 1 aromatic heterocycles. The Balaban J connectivity index is 1.87. The number of rotatable bonds is 7. The summed E-state index contributed by atoms with van der Waals surface area (Å²) in [5, 5.41) is 2.11. The highest BCUT2D eigenvalue weighted by Gasteiger charge is 2.08. The maximum atomic E-state index is 5.64. The standard InChI is InChI=1S/C15H20N2OS/c1-18-14-7-4-12(5-8-14)11-13(17-16)6-9-15-3-2-10-19-15/h2-5,7-8,10,13,17H,6,9,11,16H2,1H3. The fourth-order valence-electron chi connectivity index (χ4n) is 2.06. The first-order chi connectivity index (χ1) is 9.31. The third kappa shape index (κ3) is 4.35. The van der Waals surface area contributed by atoms with Crippen molar-refractivity contribution >= 4 is 11.3 Å². The molecule has 1 heterocycles. The Morgan fingerprint density at radius 1 is 1.26 bits per heavy atom. The van der Waals surface area contributed by atoms with E-state index in [4.69, 9.17) is 10.6 Å². The van der Waals surface area contributed by atoms with Gasteiger partial charge in [0.15, 0.2) is 0 Å². The zero-order chi connectivity index (χ0) is 13.5. The first-order valence-corrected chi connectivity index (χ1v) is 7.31. The highest BCUT2D eigenvalue weighted by atomic mass is 32.1. The van der Waals surface area contributed by atoms with E-state index in [0.717, 1.165) is 25.0 Å². The summed E-state index contributed by atoms with van der Waals surface area (Å²) in [5.41, 5.74) is 4.19. The highest BCUT2D eigenvalue weighted by molar-refractivity contribution is 7.09. The lowest BCUT2D eigenvalue weighted by atomic mass is 10.0. The van der Waals surface area contributed by atoms with Crippen LogP contribution in [0.25, 0.3) is 0 Å². The van der Waals surface area contributed by atoms with Crippen molar-refractivity contribution in [2.75, 3.05) is 7.11 Å². The molecule has 1 atom stereocenters. The van der Waals surface area contributed by atoms with Gasteiger partial charge in [0, 0.05) is 10.9 Å². The molecule has 0 amide bonds. The number of nitrogens with one attached hydrogen (secondary N) is 1. The SMILES string of the molecule is COc1ccc(CC(CCc2cccs2)NN)cc1. The van der Waals surface area contributed by atoms with Gasteiger partial charge in [0.05, 0.1) is 7.11 Å². The van der Waals surface area contributed by atoms with Gasteiger partial charge in [0.1, 0.15) is 5.75 Å². The van der Waals surface area contributed by atoms with Crippen molar-refractivity contribution in [2.24, 2.45) is 5.84 Å². The lowest BCUT2D eigenvalue weighted by Crippen LogP contribution is -2.37. The van der Waals surface area contributed by atoms with E-state index in [1.54, 1.807) is 18.4 Å². The molecule has 2 rings (SSSR count). The molecular formula is C15H20N2OS. The van der Waals surface area contributed by atoms with Crippen molar-refractivity contribution in [3.8, 4) is 5.75 Å². The summed E-state index contributed by atoms with van der Waals surface area (Å²) < 4.78 is 5.16. The Kier molecular flexibility index (Phi) is 5.39. The average molecular weight is 276 g/mol. The molecule has 0 bridgehead atoms. The first kappa shape index (κ1) is 14.1. The van der Waals surface area contributed by atoms with Crippen LogP contribution in [0.3, 0.4) is 0 Å². The van der Waals surface area contributed by atoms with Crippen LogP contribution in [-0.2, 0) is 12.8 Å². The Bertz CT molecular complexity index is 467. The van der Waals surface area contributed by atoms with Crippen LogP contribution in [0.1, 0.15) is 16.9 Å². The van der Waals surface area contributed by atoms with Crippen molar-refractivity contribution in [3.05, 3.63) is 52.2 Å². The first-order valence-electron chi connectivity index (χ1n) is 6.43. The molecule has 3 N–H and O–H groups in total. The van der Waals surface area contributed by atoms with Crippen molar-refractivity contribution in [1.82, 2.24) is 5.43 Å². The molecule has 2 aromatic rings. The number of thiophene rings is 1. The lowest BCUT2D eigenvalue weighted by Gasteiger charge is -2.15. The molecule has 4 heteroatoms. The van der Waals surface area contributed by atoms with Gasteiger partial charge in [-0.25, -0.2) is 0 Å². The van der Waals surface area contributed by atoms with Crippen molar-refractivity contribution in [1.29, 1.82) is 0 Å². The summed E-state index contributed by atoms with van der Waals surface area (Å²) >= 11 is 1.80. The van der Waals surface area contributed by atoms with E-state index in [-0.39, 0.29) is 0 Å². The van der Waals surface area contributed by atoms with E-state index in [1.165, 1.54) is 10.4 Å². The van der Waals surface area contributed by atoms with Crippen LogP contribution in [0.15, 0.2) is 41.8 Å². The molecule has 0 spiro atoms. The Hall–Kier alpha value is -1.36. The second kappa shape index (κ2) is 7.28. The molecule has 102 valence electrons. The van der Waals surface area contributed by atoms with Crippen LogP contribution >= 0.6 is 11.3 Å². The number of hydrogen-bond donors (Lipinski definition) is 2. The number of aryl methyl sites for hydroxylation is 1.